The number of nitrogens with one attached hydrogen (secondary N) is 1. The average Bonchev–Trinajstić information content (AvgIpc) is 2.90. The van der Waals surface area contributed by atoms with Crippen molar-refractivity contribution < 1.29 is 0 Å². The molecule has 20 heavy (non-hydrogen) atoms. The van der Waals surface area contributed by atoms with Crippen LogP contribution in [0, 0.1) is 13.8 Å². The Morgan fingerprint density at radius 2 is 2.00 bits per heavy atom. The van der Waals surface area contributed by atoms with Gasteiger partial charge in [-0.3, -0.25) is 0 Å². The number of anilines is 1. The van der Waals surface area contributed by atoms with Crippen LogP contribution in [-0.4, -0.2) is 4.98 Å². The van der Waals surface area contributed by atoms with Crippen molar-refractivity contribution >= 4 is 38.8 Å². The molecule has 0 bridgehead atoms. The maximum Gasteiger partial charge on any atom is 0.106 e. The third-order valence-corrected chi connectivity index (χ3v) is 4.60. The molecule has 0 aliphatic heterocycles. The van der Waals surface area contributed by atoms with Gasteiger partial charge in [-0.2, -0.15) is 0 Å². The molecular formula is C16H15ClN2S. The van der Waals surface area contributed by atoms with Gasteiger partial charge in [-0.1, -0.05) is 29.8 Å². The number of hydrogen-bond donors (Lipinski definition) is 1. The minimum Gasteiger partial charge on any atom is -0.378 e. The maximum atomic E-state index is 6.28. The number of benzene rings is 2. The molecule has 0 aliphatic carbocycles. The van der Waals surface area contributed by atoms with Gasteiger partial charge in [-0.15, -0.1) is 11.3 Å². The van der Waals surface area contributed by atoms with Gasteiger partial charge in [-0.05, 0) is 42.7 Å². The molecule has 0 spiro atoms. The molecule has 0 fully saturated rings. The fourth-order valence-electron chi connectivity index (χ4n) is 2.18. The summed E-state index contributed by atoms with van der Waals surface area (Å²) in [5.41, 5.74) is 7.59. The Kier molecular flexibility index (Phi) is 3.64. The predicted octanol–water partition coefficient (Wildman–Crippen LogP) is 5.18. The molecule has 3 rings (SSSR count). The van der Waals surface area contributed by atoms with E-state index in [0.717, 1.165) is 22.4 Å². The van der Waals surface area contributed by atoms with Gasteiger partial charge in [0.1, 0.15) is 5.52 Å². The zero-order valence-corrected chi connectivity index (χ0v) is 13.0. The van der Waals surface area contributed by atoms with Gasteiger partial charge in [0.2, 0.25) is 0 Å². The molecule has 1 N–H and O–H groups in total. The van der Waals surface area contributed by atoms with E-state index in [1.165, 1.54) is 16.7 Å². The van der Waals surface area contributed by atoms with Gasteiger partial charge in [0, 0.05) is 6.54 Å². The van der Waals surface area contributed by atoms with Gasteiger partial charge in [0.15, 0.2) is 0 Å². The van der Waals surface area contributed by atoms with Gasteiger partial charge >= 0.3 is 0 Å². The summed E-state index contributed by atoms with van der Waals surface area (Å²) < 4.78 is 1.15. The van der Waals surface area contributed by atoms with E-state index in [9.17, 15) is 0 Å². The van der Waals surface area contributed by atoms with Crippen LogP contribution < -0.4 is 5.32 Å². The fourth-order valence-corrected chi connectivity index (χ4v) is 3.08. The van der Waals surface area contributed by atoms with E-state index >= 15 is 0 Å². The largest absolute Gasteiger partial charge is 0.378 e. The molecule has 2 nitrogen and oxygen atoms in total. The number of thiazole rings is 1. The summed E-state index contributed by atoms with van der Waals surface area (Å²) in [5, 5.41) is 4.13. The minimum atomic E-state index is 0.715. The Morgan fingerprint density at radius 3 is 2.80 bits per heavy atom. The number of aryl methyl sites for hydroxylation is 2. The summed E-state index contributed by atoms with van der Waals surface area (Å²) in [4.78, 5) is 4.40. The van der Waals surface area contributed by atoms with Crippen molar-refractivity contribution in [2.45, 2.75) is 20.4 Å². The van der Waals surface area contributed by atoms with Gasteiger partial charge in [-0.25, -0.2) is 4.98 Å². The summed E-state index contributed by atoms with van der Waals surface area (Å²) in [7, 11) is 0. The van der Waals surface area contributed by atoms with Crippen LogP contribution in [0.25, 0.3) is 10.2 Å². The zero-order valence-electron chi connectivity index (χ0n) is 11.4. The zero-order chi connectivity index (χ0) is 14.1. The van der Waals surface area contributed by atoms with Crippen LogP contribution in [0.3, 0.4) is 0 Å². The monoisotopic (exact) mass is 302 g/mol. The third-order valence-electron chi connectivity index (χ3n) is 3.49. The SMILES string of the molecule is Cc1ccc(CNc2c(Cl)ccc3scnc23)cc1C. The number of hydrogen-bond acceptors (Lipinski definition) is 3. The molecule has 3 aromatic rings. The van der Waals surface area contributed by atoms with Gasteiger partial charge in [0.05, 0.1) is 20.9 Å². The summed E-state index contributed by atoms with van der Waals surface area (Å²) in [6.07, 6.45) is 0. The number of halogens is 1. The standard InChI is InChI=1S/C16H15ClN2S/c1-10-3-4-12(7-11(10)2)8-18-15-13(17)5-6-14-16(15)19-9-20-14/h3-7,9,18H,8H2,1-2H3. The van der Waals surface area contributed by atoms with Gasteiger partial charge < -0.3 is 5.32 Å². The Balaban J connectivity index is 1.88. The normalized spacial score (nSPS) is 10.9. The highest BCUT2D eigenvalue weighted by Crippen LogP contribution is 2.32. The van der Waals surface area contributed by atoms with Crippen LogP contribution in [0.4, 0.5) is 5.69 Å². The fraction of sp³-hybridized carbons (Fsp3) is 0.188. The topological polar surface area (TPSA) is 24.9 Å². The Labute approximate surface area is 127 Å². The highest BCUT2D eigenvalue weighted by Gasteiger charge is 2.08. The molecule has 0 saturated carbocycles. The van der Waals surface area contributed by atoms with Crippen LogP contribution in [0.15, 0.2) is 35.8 Å². The quantitative estimate of drug-likeness (QED) is 0.721. The first-order chi connectivity index (χ1) is 9.65. The van der Waals surface area contributed by atoms with Crippen LogP contribution in [0.5, 0.6) is 0 Å². The Bertz CT molecular complexity index is 764. The van der Waals surface area contributed by atoms with Crippen molar-refractivity contribution in [2.75, 3.05) is 5.32 Å². The number of rotatable bonds is 3. The van der Waals surface area contributed by atoms with Crippen molar-refractivity contribution in [3.8, 4) is 0 Å². The molecule has 0 radical (unpaired) electrons. The van der Waals surface area contributed by atoms with E-state index in [0.29, 0.717) is 5.02 Å². The molecule has 0 unspecified atom stereocenters. The lowest BCUT2D eigenvalue weighted by atomic mass is 10.1. The van der Waals surface area contributed by atoms with E-state index in [-0.39, 0.29) is 0 Å². The summed E-state index contributed by atoms with van der Waals surface area (Å²) >= 11 is 7.91. The van der Waals surface area contributed by atoms with Crippen molar-refractivity contribution in [2.24, 2.45) is 0 Å². The van der Waals surface area contributed by atoms with Crippen molar-refractivity contribution in [3.63, 3.8) is 0 Å². The van der Waals surface area contributed by atoms with Crippen LogP contribution >= 0.6 is 22.9 Å². The smallest absolute Gasteiger partial charge is 0.106 e. The summed E-state index contributed by atoms with van der Waals surface area (Å²) in [5.74, 6) is 0. The van der Waals surface area contributed by atoms with E-state index in [4.69, 9.17) is 11.6 Å². The Morgan fingerprint density at radius 1 is 1.15 bits per heavy atom. The highest BCUT2D eigenvalue weighted by atomic mass is 35.5. The van der Waals surface area contributed by atoms with Crippen molar-refractivity contribution in [3.05, 3.63) is 57.6 Å². The average molecular weight is 303 g/mol. The molecule has 1 aromatic heterocycles. The lowest BCUT2D eigenvalue weighted by Gasteiger charge is -2.10. The molecule has 0 saturated heterocycles. The van der Waals surface area contributed by atoms with Crippen LogP contribution in [0.1, 0.15) is 16.7 Å². The second-order valence-corrected chi connectivity index (χ2v) is 6.19. The van der Waals surface area contributed by atoms with E-state index in [1.54, 1.807) is 11.3 Å². The Hall–Kier alpha value is -1.58. The maximum absolute atomic E-state index is 6.28. The molecule has 4 heteroatoms. The number of aromatic nitrogens is 1. The number of fused-ring (bicyclic) bond motifs is 1. The lowest BCUT2D eigenvalue weighted by molar-refractivity contribution is 1.13. The molecule has 0 amide bonds. The van der Waals surface area contributed by atoms with E-state index < -0.39 is 0 Å². The van der Waals surface area contributed by atoms with E-state index in [1.807, 2.05) is 17.6 Å². The van der Waals surface area contributed by atoms with Crippen LogP contribution in [0.2, 0.25) is 5.02 Å². The molecule has 0 atom stereocenters. The summed E-state index contributed by atoms with van der Waals surface area (Å²) in [6, 6.07) is 10.4. The van der Waals surface area contributed by atoms with Crippen LogP contribution in [-0.2, 0) is 6.54 Å². The minimum absolute atomic E-state index is 0.715. The second kappa shape index (κ2) is 5.43. The van der Waals surface area contributed by atoms with Gasteiger partial charge in [0.25, 0.3) is 0 Å². The first kappa shape index (κ1) is 13.4. The number of nitrogens with zero attached hydrogens (tertiary/aromatic N) is 1. The summed E-state index contributed by atoms with van der Waals surface area (Å²) in [6.45, 7) is 5.00. The van der Waals surface area contributed by atoms with E-state index in [2.05, 4.69) is 42.3 Å². The highest BCUT2D eigenvalue weighted by molar-refractivity contribution is 7.16. The van der Waals surface area contributed by atoms with Crippen molar-refractivity contribution in [1.29, 1.82) is 0 Å². The predicted molar refractivity (Wildman–Crippen MR) is 87.9 cm³/mol. The first-order valence-electron chi connectivity index (χ1n) is 6.47. The second-order valence-electron chi connectivity index (χ2n) is 4.89. The lowest BCUT2D eigenvalue weighted by Crippen LogP contribution is -2.01. The third kappa shape index (κ3) is 2.51. The molecular weight excluding hydrogens is 288 g/mol. The molecule has 1 heterocycles. The molecule has 102 valence electrons. The molecule has 0 aliphatic rings. The van der Waals surface area contributed by atoms with Crippen molar-refractivity contribution in [1.82, 2.24) is 4.98 Å². The molecule has 2 aromatic carbocycles. The first-order valence-corrected chi connectivity index (χ1v) is 7.72.